The van der Waals surface area contributed by atoms with Gasteiger partial charge in [0, 0.05) is 24.8 Å². The number of carbonyl (C=O) groups excluding carboxylic acids is 1. The van der Waals surface area contributed by atoms with E-state index in [1.807, 2.05) is 0 Å². The molecule has 1 aromatic rings. The molecule has 0 aromatic heterocycles. The van der Waals surface area contributed by atoms with Gasteiger partial charge in [-0.25, -0.2) is 12.7 Å². The number of carbonyl (C=O) groups is 1. The van der Waals surface area contributed by atoms with Gasteiger partial charge >= 0.3 is 16.3 Å². The molecule has 0 saturated carbocycles. The molecule has 1 atom stereocenters. The Balaban J connectivity index is 2.08. The average molecular weight is 539 g/mol. The molecule has 35 heavy (non-hydrogen) atoms. The van der Waals surface area contributed by atoms with Gasteiger partial charge in [0.15, 0.2) is 0 Å². The summed E-state index contributed by atoms with van der Waals surface area (Å²) >= 11 is 0. The van der Waals surface area contributed by atoms with Crippen LogP contribution in [0.5, 0.6) is 0 Å². The van der Waals surface area contributed by atoms with Crippen molar-refractivity contribution in [2.75, 3.05) is 23.7 Å². The van der Waals surface area contributed by atoms with Crippen molar-refractivity contribution in [2.45, 2.75) is 56.9 Å². The summed E-state index contributed by atoms with van der Waals surface area (Å²) in [6.07, 6.45) is -4.68. The van der Waals surface area contributed by atoms with Crippen molar-refractivity contribution >= 4 is 31.7 Å². The number of alkyl halides is 3. The van der Waals surface area contributed by atoms with Crippen molar-refractivity contribution < 1.29 is 39.4 Å². The van der Waals surface area contributed by atoms with E-state index in [0.29, 0.717) is 11.0 Å². The van der Waals surface area contributed by atoms with Gasteiger partial charge in [-0.3, -0.25) is 19.1 Å². The first kappa shape index (κ1) is 27.3. The average Bonchev–Trinajstić information content (AvgIpc) is 2.98. The zero-order chi connectivity index (χ0) is 26.6. The summed E-state index contributed by atoms with van der Waals surface area (Å²) in [4.78, 5) is 15.2. The summed E-state index contributed by atoms with van der Waals surface area (Å²) in [5, 5.41) is 9.04. The van der Waals surface area contributed by atoms with Crippen molar-refractivity contribution in [3.8, 4) is 6.07 Å². The topological polar surface area (TPSA) is 139 Å². The smallest absolute Gasteiger partial charge is 0.283 e. The SMILES string of the molecule is CCS(=O)(=O)N1CCC(N2C(S(=O)(=O)O)N(c3ccc(C#N)c(C(F)(F)F)c3)C(=O)C2(C)C)CC1. The molecule has 2 saturated heterocycles. The van der Waals surface area contributed by atoms with Gasteiger partial charge in [-0.15, -0.1) is 0 Å². The van der Waals surface area contributed by atoms with E-state index in [9.17, 15) is 39.4 Å². The van der Waals surface area contributed by atoms with Crippen molar-refractivity contribution in [2.24, 2.45) is 0 Å². The molecule has 2 aliphatic heterocycles. The second-order valence-corrected chi connectivity index (χ2v) is 12.6. The Labute approximate surface area is 201 Å². The molecular weight excluding hydrogens is 513 g/mol. The van der Waals surface area contributed by atoms with Crippen LogP contribution in [0.3, 0.4) is 0 Å². The number of piperidine rings is 1. The minimum atomic E-state index is -5.06. The Morgan fingerprint density at radius 3 is 2.20 bits per heavy atom. The molecule has 1 N–H and O–H groups in total. The Kier molecular flexibility index (Phi) is 7.03. The maximum Gasteiger partial charge on any atom is 0.417 e. The lowest BCUT2D eigenvalue weighted by atomic mass is 9.97. The molecule has 0 bridgehead atoms. The Hall–Kier alpha value is -2.25. The largest absolute Gasteiger partial charge is 0.417 e. The quantitative estimate of drug-likeness (QED) is 0.562. The van der Waals surface area contributed by atoms with E-state index in [0.717, 1.165) is 12.1 Å². The number of nitriles is 1. The standard InChI is InChI=1S/C20H25F3N4O6S2/c1-4-34(29,30)25-9-7-14(8-10-25)27-18(35(31,32)33)26(17(28)19(27,2)3)15-6-5-13(12-24)16(11-15)20(21,22)23/h5-6,11,14,18H,4,7-10H2,1-3H3,(H,31,32,33). The summed E-state index contributed by atoms with van der Waals surface area (Å²) < 4.78 is 101. The first-order valence-electron chi connectivity index (χ1n) is 10.6. The van der Waals surface area contributed by atoms with Crippen LogP contribution in [-0.2, 0) is 31.1 Å². The Bertz CT molecular complexity index is 1270. The van der Waals surface area contributed by atoms with Gasteiger partial charge in [0.25, 0.3) is 0 Å². The number of sulfonamides is 1. The van der Waals surface area contributed by atoms with Gasteiger partial charge in [0.05, 0.1) is 28.5 Å². The molecule has 194 valence electrons. The molecule has 10 nitrogen and oxygen atoms in total. The van der Waals surface area contributed by atoms with E-state index >= 15 is 0 Å². The monoisotopic (exact) mass is 538 g/mol. The molecule has 2 aliphatic rings. The number of hydrogen-bond donors (Lipinski definition) is 1. The van der Waals surface area contributed by atoms with E-state index < -0.39 is 66.1 Å². The van der Waals surface area contributed by atoms with Crippen LogP contribution < -0.4 is 4.90 Å². The number of anilines is 1. The van der Waals surface area contributed by atoms with Gasteiger partial charge in [-0.1, -0.05) is 0 Å². The van der Waals surface area contributed by atoms with Gasteiger partial charge < -0.3 is 0 Å². The molecular formula is C20H25F3N4O6S2. The number of rotatable bonds is 5. The number of benzene rings is 1. The van der Waals surface area contributed by atoms with Crippen LogP contribution in [0.1, 0.15) is 44.7 Å². The minimum Gasteiger partial charge on any atom is -0.283 e. The van der Waals surface area contributed by atoms with Gasteiger partial charge in [-0.05, 0) is 51.8 Å². The van der Waals surface area contributed by atoms with E-state index in [1.165, 1.54) is 36.0 Å². The lowest BCUT2D eigenvalue weighted by Gasteiger charge is -2.42. The molecule has 1 amide bonds. The molecule has 0 aliphatic carbocycles. The predicted molar refractivity (Wildman–Crippen MR) is 119 cm³/mol. The van der Waals surface area contributed by atoms with E-state index in [1.54, 1.807) is 0 Å². The first-order chi connectivity index (χ1) is 16.0. The molecule has 3 rings (SSSR count). The highest BCUT2D eigenvalue weighted by molar-refractivity contribution is 7.89. The third kappa shape index (κ3) is 4.90. The van der Waals surface area contributed by atoms with Gasteiger partial charge in [0.1, 0.15) is 0 Å². The third-order valence-corrected chi connectivity index (χ3v) is 9.25. The van der Waals surface area contributed by atoms with Crippen molar-refractivity contribution in [1.82, 2.24) is 9.21 Å². The van der Waals surface area contributed by atoms with E-state index in [-0.39, 0.29) is 31.7 Å². The van der Waals surface area contributed by atoms with Crippen molar-refractivity contribution in [3.63, 3.8) is 0 Å². The summed E-state index contributed by atoms with van der Waals surface area (Å²) in [7, 11) is -8.55. The second-order valence-electron chi connectivity index (χ2n) is 8.85. The van der Waals surface area contributed by atoms with E-state index in [4.69, 9.17) is 5.26 Å². The maximum absolute atomic E-state index is 13.5. The predicted octanol–water partition coefficient (Wildman–Crippen LogP) is 1.99. The highest BCUT2D eigenvalue weighted by Gasteiger charge is 2.59. The van der Waals surface area contributed by atoms with Crippen molar-refractivity contribution in [1.29, 1.82) is 5.26 Å². The van der Waals surface area contributed by atoms with Crippen LogP contribution in [0.15, 0.2) is 18.2 Å². The maximum atomic E-state index is 13.5. The lowest BCUT2D eigenvalue weighted by Crippen LogP contribution is -2.57. The summed E-state index contributed by atoms with van der Waals surface area (Å²) in [6, 6.07) is 3.09. The lowest BCUT2D eigenvalue weighted by molar-refractivity contribution is -0.137. The fourth-order valence-corrected chi connectivity index (χ4v) is 7.00. The minimum absolute atomic E-state index is 0.0505. The Morgan fingerprint density at radius 2 is 1.74 bits per heavy atom. The fraction of sp³-hybridized carbons (Fsp3) is 0.600. The summed E-state index contributed by atoms with van der Waals surface area (Å²) in [5.74, 6) is -0.992. The third-order valence-electron chi connectivity index (χ3n) is 6.40. The van der Waals surface area contributed by atoms with Gasteiger partial charge in [-0.2, -0.15) is 26.9 Å². The normalized spacial score (nSPS) is 23.0. The molecule has 1 unspecified atom stereocenters. The highest BCUT2D eigenvalue weighted by Crippen LogP contribution is 2.42. The molecule has 15 heteroatoms. The molecule has 0 radical (unpaired) electrons. The van der Waals surface area contributed by atoms with Crippen molar-refractivity contribution in [3.05, 3.63) is 29.3 Å². The number of halogens is 3. The summed E-state index contributed by atoms with van der Waals surface area (Å²) in [6.45, 7) is 4.36. The number of hydrogen-bond acceptors (Lipinski definition) is 7. The molecule has 2 fully saturated rings. The molecule has 1 aromatic carbocycles. The van der Waals surface area contributed by atoms with E-state index in [2.05, 4.69) is 0 Å². The van der Waals surface area contributed by atoms with Crippen LogP contribution in [0.4, 0.5) is 18.9 Å². The van der Waals surface area contributed by atoms with Crippen LogP contribution >= 0.6 is 0 Å². The molecule has 2 heterocycles. The zero-order valence-corrected chi connectivity index (χ0v) is 20.8. The Morgan fingerprint density at radius 1 is 1.17 bits per heavy atom. The zero-order valence-electron chi connectivity index (χ0n) is 19.1. The number of nitrogens with zero attached hydrogens (tertiary/aromatic N) is 4. The van der Waals surface area contributed by atoms with Crippen LogP contribution in [0.2, 0.25) is 0 Å². The van der Waals surface area contributed by atoms with Crippen LogP contribution in [0, 0.1) is 11.3 Å². The molecule has 0 spiro atoms. The first-order valence-corrected chi connectivity index (χ1v) is 13.8. The summed E-state index contributed by atoms with van der Waals surface area (Å²) in [5.41, 5.74) is -6.13. The second kappa shape index (κ2) is 9.00. The highest BCUT2D eigenvalue weighted by atomic mass is 32.2. The number of amides is 1. The van der Waals surface area contributed by atoms with Crippen LogP contribution in [-0.4, -0.2) is 72.4 Å². The van der Waals surface area contributed by atoms with Gasteiger partial charge in [0.2, 0.25) is 21.4 Å². The fourth-order valence-electron chi connectivity index (χ4n) is 4.66. The van der Waals surface area contributed by atoms with Crippen LogP contribution in [0.25, 0.3) is 0 Å².